The van der Waals surface area contributed by atoms with Gasteiger partial charge in [-0.15, -0.1) is 11.3 Å². The molecule has 3 rings (SSSR count). The average molecular weight is 288 g/mol. The van der Waals surface area contributed by atoms with Gasteiger partial charge in [0.1, 0.15) is 0 Å². The SMILES string of the molecule is NNc1nc(NCc2cccs2)nc(-n2cccn2)n1. The molecule has 0 saturated carbocycles. The van der Waals surface area contributed by atoms with E-state index in [4.69, 9.17) is 5.84 Å². The van der Waals surface area contributed by atoms with E-state index in [-0.39, 0.29) is 5.95 Å². The summed E-state index contributed by atoms with van der Waals surface area (Å²) in [6.45, 7) is 0.643. The maximum Gasteiger partial charge on any atom is 0.257 e. The van der Waals surface area contributed by atoms with Crippen molar-refractivity contribution in [1.29, 1.82) is 0 Å². The second-order valence-electron chi connectivity index (χ2n) is 3.81. The largest absolute Gasteiger partial charge is 0.349 e. The van der Waals surface area contributed by atoms with E-state index in [0.29, 0.717) is 18.4 Å². The normalized spacial score (nSPS) is 10.4. The molecule has 0 aliphatic rings. The van der Waals surface area contributed by atoms with Gasteiger partial charge in [-0.05, 0) is 17.5 Å². The number of nitrogens with two attached hydrogens (primary N) is 1. The van der Waals surface area contributed by atoms with E-state index in [2.05, 4.69) is 30.8 Å². The molecule has 0 radical (unpaired) electrons. The van der Waals surface area contributed by atoms with Crippen LogP contribution in [-0.4, -0.2) is 24.7 Å². The monoisotopic (exact) mass is 288 g/mol. The second-order valence-corrected chi connectivity index (χ2v) is 4.84. The molecule has 102 valence electrons. The molecule has 0 fully saturated rings. The lowest BCUT2D eigenvalue weighted by Gasteiger charge is -2.07. The Morgan fingerprint density at radius 2 is 2.10 bits per heavy atom. The van der Waals surface area contributed by atoms with Crippen LogP contribution in [0.5, 0.6) is 0 Å². The molecule has 3 aromatic heterocycles. The van der Waals surface area contributed by atoms with Crippen molar-refractivity contribution < 1.29 is 0 Å². The van der Waals surface area contributed by atoms with E-state index in [0.717, 1.165) is 0 Å². The van der Waals surface area contributed by atoms with Crippen molar-refractivity contribution in [2.45, 2.75) is 6.54 Å². The van der Waals surface area contributed by atoms with E-state index >= 15 is 0 Å². The maximum absolute atomic E-state index is 5.37. The third-order valence-electron chi connectivity index (χ3n) is 2.46. The van der Waals surface area contributed by atoms with Crippen molar-refractivity contribution in [2.24, 2.45) is 5.84 Å². The van der Waals surface area contributed by atoms with E-state index in [1.807, 2.05) is 17.5 Å². The number of hydrogen-bond acceptors (Lipinski definition) is 8. The van der Waals surface area contributed by atoms with Gasteiger partial charge in [0.05, 0.1) is 6.54 Å². The number of rotatable bonds is 5. The van der Waals surface area contributed by atoms with Gasteiger partial charge in [0.25, 0.3) is 5.95 Å². The average Bonchev–Trinajstić information content (AvgIpc) is 3.17. The molecule has 0 aromatic carbocycles. The van der Waals surface area contributed by atoms with Crippen LogP contribution in [0.1, 0.15) is 4.88 Å². The van der Waals surface area contributed by atoms with E-state index in [1.165, 1.54) is 4.88 Å². The molecular formula is C11H12N8S. The van der Waals surface area contributed by atoms with Crippen LogP contribution in [0.25, 0.3) is 5.95 Å². The Labute approximate surface area is 118 Å². The Morgan fingerprint density at radius 1 is 1.20 bits per heavy atom. The molecule has 3 heterocycles. The van der Waals surface area contributed by atoms with Crippen LogP contribution < -0.4 is 16.6 Å². The molecule has 4 N–H and O–H groups in total. The maximum atomic E-state index is 5.37. The number of thiophene rings is 1. The van der Waals surface area contributed by atoms with Gasteiger partial charge in [0, 0.05) is 17.3 Å². The summed E-state index contributed by atoms with van der Waals surface area (Å²) in [5.41, 5.74) is 2.42. The Hall–Kier alpha value is -2.52. The summed E-state index contributed by atoms with van der Waals surface area (Å²) in [4.78, 5) is 13.8. The van der Waals surface area contributed by atoms with Crippen molar-refractivity contribution >= 4 is 23.2 Å². The molecule has 0 amide bonds. The second kappa shape index (κ2) is 5.63. The van der Waals surface area contributed by atoms with Crippen LogP contribution >= 0.6 is 11.3 Å². The number of hydrogen-bond donors (Lipinski definition) is 3. The molecule has 0 bridgehead atoms. The minimum Gasteiger partial charge on any atom is -0.349 e. The van der Waals surface area contributed by atoms with Crippen molar-refractivity contribution in [3.8, 4) is 5.95 Å². The lowest BCUT2D eigenvalue weighted by Crippen LogP contribution is -2.15. The molecule has 0 atom stereocenters. The van der Waals surface area contributed by atoms with Crippen molar-refractivity contribution in [2.75, 3.05) is 10.7 Å². The van der Waals surface area contributed by atoms with E-state index < -0.39 is 0 Å². The minimum absolute atomic E-state index is 0.277. The molecule has 8 nitrogen and oxygen atoms in total. The van der Waals surface area contributed by atoms with Crippen LogP contribution in [0.4, 0.5) is 11.9 Å². The molecule has 0 saturated heterocycles. The number of anilines is 2. The van der Waals surface area contributed by atoms with Gasteiger partial charge < -0.3 is 5.32 Å². The summed E-state index contributed by atoms with van der Waals surface area (Å²) < 4.78 is 1.54. The summed E-state index contributed by atoms with van der Waals surface area (Å²) in [5.74, 6) is 6.48. The molecule has 0 aliphatic heterocycles. The predicted octanol–water partition coefficient (Wildman–Crippen LogP) is 1.02. The van der Waals surface area contributed by atoms with Crippen LogP contribution in [0.15, 0.2) is 36.0 Å². The van der Waals surface area contributed by atoms with Crippen LogP contribution in [0, 0.1) is 0 Å². The fourth-order valence-electron chi connectivity index (χ4n) is 1.58. The number of nitrogens with zero attached hydrogens (tertiary/aromatic N) is 5. The minimum atomic E-state index is 0.277. The fourth-order valence-corrected chi connectivity index (χ4v) is 2.22. The smallest absolute Gasteiger partial charge is 0.257 e. The van der Waals surface area contributed by atoms with Crippen LogP contribution in [0.2, 0.25) is 0 Å². The third-order valence-corrected chi connectivity index (χ3v) is 3.34. The van der Waals surface area contributed by atoms with E-state index in [9.17, 15) is 0 Å². The Bertz CT molecular complexity index is 664. The third kappa shape index (κ3) is 2.73. The number of nitrogens with one attached hydrogen (secondary N) is 2. The lowest BCUT2D eigenvalue weighted by molar-refractivity contribution is 0.796. The number of nitrogen functional groups attached to an aromatic ring is 1. The van der Waals surface area contributed by atoms with Gasteiger partial charge in [-0.25, -0.2) is 10.5 Å². The molecule has 0 aliphatic carbocycles. The first-order valence-corrected chi connectivity index (χ1v) is 6.72. The molecule has 0 unspecified atom stereocenters. The first kappa shape index (κ1) is 12.5. The molecule has 0 spiro atoms. The molecule has 9 heteroatoms. The summed E-state index contributed by atoms with van der Waals surface area (Å²) in [6.07, 6.45) is 3.40. The highest BCUT2D eigenvalue weighted by atomic mass is 32.1. The zero-order valence-electron chi connectivity index (χ0n) is 10.4. The highest BCUT2D eigenvalue weighted by Crippen LogP contribution is 2.12. The van der Waals surface area contributed by atoms with Crippen LogP contribution in [0.3, 0.4) is 0 Å². The first-order chi connectivity index (χ1) is 9.85. The molecular weight excluding hydrogens is 276 g/mol. The topological polar surface area (TPSA) is 107 Å². The number of aromatic nitrogens is 5. The Balaban J connectivity index is 1.84. The standard InChI is InChI=1S/C11H12N8S/c12-18-10-15-9(13-7-8-3-1-6-20-8)16-11(17-10)19-5-2-4-14-19/h1-6H,7,12H2,(H2,13,15,16,17,18). The van der Waals surface area contributed by atoms with Gasteiger partial charge in [-0.2, -0.15) is 20.1 Å². The molecule has 3 aromatic rings. The predicted molar refractivity (Wildman–Crippen MR) is 76.4 cm³/mol. The van der Waals surface area contributed by atoms with Crippen molar-refractivity contribution in [3.05, 3.63) is 40.8 Å². The van der Waals surface area contributed by atoms with Gasteiger partial charge in [0.2, 0.25) is 11.9 Å². The quantitative estimate of drug-likeness (QED) is 0.475. The summed E-state index contributed by atoms with van der Waals surface area (Å²) >= 11 is 1.66. The number of hydrazine groups is 1. The van der Waals surface area contributed by atoms with E-state index in [1.54, 1.807) is 34.5 Å². The summed E-state index contributed by atoms with van der Waals surface area (Å²) in [6, 6.07) is 5.82. The zero-order valence-corrected chi connectivity index (χ0v) is 11.2. The zero-order chi connectivity index (χ0) is 13.8. The lowest BCUT2D eigenvalue weighted by atomic mass is 10.5. The van der Waals surface area contributed by atoms with Crippen molar-refractivity contribution in [3.63, 3.8) is 0 Å². The van der Waals surface area contributed by atoms with Gasteiger partial charge in [0.15, 0.2) is 0 Å². The molecule has 20 heavy (non-hydrogen) atoms. The Morgan fingerprint density at radius 3 is 2.80 bits per heavy atom. The Kier molecular flexibility index (Phi) is 3.52. The van der Waals surface area contributed by atoms with Crippen LogP contribution in [-0.2, 0) is 6.54 Å². The highest BCUT2D eigenvalue weighted by molar-refractivity contribution is 7.09. The summed E-state index contributed by atoms with van der Waals surface area (Å²) in [7, 11) is 0. The fraction of sp³-hybridized carbons (Fsp3) is 0.0909. The van der Waals surface area contributed by atoms with Crippen molar-refractivity contribution in [1.82, 2.24) is 24.7 Å². The van der Waals surface area contributed by atoms with Gasteiger partial charge in [-0.1, -0.05) is 6.07 Å². The van der Waals surface area contributed by atoms with Gasteiger partial charge in [-0.3, -0.25) is 5.43 Å². The highest BCUT2D eigenvalue weighted by Gasteiger charge is 2.07. The summed E-state index contributed by atoms with van der Waals surface area (Å²) in [5, 5.41) is 9.24. The first-order valence-electron chi connectivity index (χ1n) is 5.84. The van der Waals surface area contributed by atoms with Gasteiger partial charge >= 0.3 is 0 Å².